The van der Waals surface area contributed by atoms with Crippen LogP contribution in [0.25, 0.3) is 0 Å². The Morgan fingerprint density at radius 1 is 1.43 bits per heavy atom. The van der Waals surface area contributed by atoms with E-state index in [-0.39, 0.29) is 5.91 Å². The van der Waals surface area contributed by atoms with Crippen LogP contribution in [-0.4, -0.2) is 39.1 Å². The first-order chi connectivity index (χ1) is 10.3. The van der Waals surface area contributed by atoms with Gasteiger partial charge in [-0.15, -0.1) is 0 Å². The van der Waals surface area contributed by atoms with E-state index in [9.17, 15) is 4.79 Å². The van der Waals surface area contributed by atoms with Crippen molar-refractivity contribution >= 4 is 5.91 Å². The Balaban J connectivity index is 1.73. The van der Waals surface area contributed by atoms with Gasteiger partial charge in [0.25, 0.3) is 5.91 Å². The van der Waals surface area contributed by atoms with Gasteiger partial charge in [-0.05, 0) is 31.0 Å². The van der Waals surface area contributed by atoms with E-state index in [1.54, 1.807) is 18.3 Å². The molecule has 1 amide bonds. The Morgan fingerprint density at radius 3 is 3.00 bits per heavy atom. The van der Waals surface area contributed by atoms with E-state index in [0.29, 0.717) is 23.7 Å². The molecule has 6 nitrogen and oxygen atoms in total. The molecule has 6 heteroatoms. The number of H-pyrrole nitrogens is 1. The van der Waals surface area contributed by atoms with E-state index in [2.05, 4.69) is 15.2 Å². The summed E-state index contributed by atoms with van der Waals surface area (Å²) in [6.07, 6.45) is 5.23. The third-order valence-electron chi connectivity index (χ3n) is 3.80. The molecule has 0 bridgehead atoms. The monoisotopic (exact) mass is 281 g/mol. The van der Waals surface area contributed by atoms with Gasteiger partial charge in [-0.2, -0.15) is 10.4 Å². The van der Waals surface area contributed by atoms with E-state index in [0.717, 1.165) is 25.1 Å². The van der Waals surface area contributed by atoms with E-state index in [1.807, 2.05) is 17.0 Å². The minimum Gasteiger partial charge on any atom is -0.338 e. The molecule has 0 unspecified atom stereocenters. The molecule has 3 heterocycles. The second-order valence-electron chi connectivity index (χ2n) is 5.15. The Morgan fingerprint density at radius 2 is 2.33 bits per heavy atom. The number of carbonyl (C=O) groups excluding carboxylic acids is 1. The van der Waals surface area contributed by atoms with Crippen LogP contribution >= 0.6 is 0 Å². The Kier molecular flexibility index (Phi) is 3.65. The highest BCUT2D eigenvalue weighted by Gasteiger charge is 2.26. The Labute approximate surface area is 122 Å². The maximum atomic E-state index is 12.5. The zero-order valence-corrected chi connectivity index (χ0v) is 11.5. The van der Waals surface area contributed by atoms with E-state index < -0.39 is 0 Å². The molecular formula is C15H15N5O. The fraction of sp³-hybridized carbons (Fsp3) is 0.333. The number of pyridine rings is 1. The van der Waals surface area contributed by atoms with Crippen LogP contribution in [-0.2, 0) is 0 Å². The average Bonchev–Trinajstić information content (AvgIpc) is 3.09. The van der Waals surface area contributed by atoms with Gasteiger partial charge in [-0.1, -0.05) is 0 Å². The average molecular weight is 281 g/mol. The lowest BCUT2D eigenvalue weighted by Gasteiger charge is -2.32. The molecule has 1 N–H and O–H groups in total. The van der Waals surface area contributed by atoms with Crippen LogP contribution < -0.4 is 0 Å². The van der Waals surface area contributed by atoms with Gasteiger partial charge in [0.2, 0.25) is 0 Å². The maximum Gasteiger partial charge on any atom is 0.255 e. The molecule has 0 aromatic carbocycles. The predicted octanol–water partition coefficient (Wildman–Crippen LogP) is 1.70. The minimum atomic E-state index is -0.0313. The number of nitriles is 1. The van der Waals surface area contributed by atoms with Crippen molar-refractivity contribution in [2.24, 2.45) is 0 Å². The number of amides is 1. The summed E-state index contributed by atoms with van der Waals surface area (Å²) in [5, 5.41) is 15.7. The molecule has 1 saturated heterocycles. The second-order valence-corrected chi connectivity index (χ2v) is 5.15. The molecule has 3 rings (SSSR count). The number of hydrogen-bond donors (Lipinski definition) is 1. The van der Waals surface area contributed by atoms with Crippen molar-refractivity contribution in [3.05, 3.63) is 47.5 Å². The summed E-state index contributed by atoms with van der Waals surface area (Å²) < 4.78 is 0. The van der Waals surface area contributed by atoms with E-state index in [1.165, 1.54) is 6.20 Å². The Bertz CT molecular complexity index is 656. The molecule has 0 saturated carbocycles. The lowest BCUT2D eigenvalue weighted by Crippen LogP contribution is -2.39. The van der Waals surface area contributed by atoms with Crippen molar-refractivity contribution in [1.82, 2.24) is 20.1 Å². The lowest BCUT2D eigenvalue weighted by atomic mass is 9.94. The molecule has 21 heavy (non-hydrogen) atoms. The topological polar surface area (TPSA) is 85.7 Å². The third kappa shape index (κ3) is 2.77. The van der Waals surface area contributed by atoms with Crippen LogP contribution in [0, 0.1) is 11.3 Å². The summed E-state index contributed by atoms with van der Waals surface area (Å²) in [6.45, 7) is 1.44. The van der Waals surface area contributed by atoms with Crippen molar-refractivity contribution in [3.63, 3.8) is 0 Å². The standard InChI is InChI=1S/C15H15N5O/c16-8-13-4-3-11(9-17-13)15(21)20-7-1-2-12(10-20)14-5-6-18-19-14/h3-6,9,12H,1-2,7,10H2,(H,18,19)/t12-/m1/s1. The zero-order valence-electron chi connectivity index (χ0n) is 11.5. The highest BCUT2D eigenvalue weighted by atomic mass is 16.2. The molecule has 1 atom stereocenters. The second kappa shape index (κ2) is 5.75. The van der Waals surface area contributed by atoms with Gasteiger partial charge in [0.15, 0.2) is 0 Å². The lowest BCUT2D eigenvalue weighted by molar-refractivity contribution is 0.0705. The molecule has 0 aliphatic carbocycles. The first-order valence-electron chi connectivity index (χ1n) is 6.92. The van der Waals surface area contributed by atoms with E-state index >= 15 is 0 Å². The van der Waals surface area contributed by atoms with E-state index in [4.69, 9.17) is 5.26 Å². The molecule has 2 aromatic heterocycles. The maximum absolute atomic E-state index is 12.5. The number of aromatic nitrogens is 3. The number of hydrogen-bond acceptors (Lipinski definition) is 4. The smallest absolute Gasteiger partial charge is 0.255 e. The van der Waals surface area contributed by atoms with Crippen LogP contribution in [0.3, 0.4) is 0 Å². The van der Waals surface area contributed by atoms with Gasteiger partial charge in [0.05, 0.1) is 5.56 Å². The normalized spacial score (nSPS) is 18.2. The number of rotatable bonds is 2. The van der Waals surface area contributed by atoms with Gasteiger partial charge in [-0.3, -0.25) is 9.89 Å². The number of nitrogens with one attached hydrogen (secondary N) is 1. The summed E-state index contributed by atoms with van der Waals surface area (Å²) in [6, 6.07) is 7.14. The fourth-order valence-corrected chi connectivity index (χ4v) is 2.68. The molecule has 1 aliphatic rings. The molecule has 0 radical (unpaired) electrons. The van der Waals surface area contributed by atoms with Gasteiger partial charge >= 0.3 is 0 Å². The summed E-state index contributed by atoms with van der Waals surface area (Å²) in [5.41, 5.74) is 1.92. The van der Waals surface area contributed by atoms with Crippen molar-refractivity contribution in [1.29, 1.82) is 5.26 Å². The van der Waals surface area contributed by atoms with Crippen molar-refractivity contribution in [2.75, 3.05) is 13.1 Å². The Hall–Kier alpha value is -2.68. The summed E-state index contributed by atoms with van der Waals surface area (Å²) in [5.74, 6) is 0.271. The van der Waals surface area contributed by atoms with Gasteiger partial charge in [0, 0.05) is 37.1 Å². The van der Waals surface area contributed by atoms with Crippen molar-refractivity contribution in [3.8, 4) is 6.07 Å². The number of piperidine rings is 1. The van der Waals surface area contributed by atoms with Crippen LogP contribution in [0.2, 0.25) is 0 Å². The third-order valence-corrected chi connectivity index (χ3v) is 3.80. The quantitative estimate of drug-likeness (QED) is 0.907. The molecular weight excluding hydrogens is 266 g/mol. The molecule has 0 spiro atoms. The van der Waals surface area contributed by atoms with Crippen LogP contribution in [0.15, 0.2) is 30.6 Å². The van der Waals surface area contributed by atoms with Crippen LogP contribution in [0.1, 0.15) is 40.5 Å². The zero-order chi connectivity index (χ0) is 14.7. The molecule has 1 fully saturated rings. The number of likely N-dealkylation sites (tertiary alicyclic amines) is 1. The number of nitrogens with zero attached hydrogens (tertiary/aromatic N) is 4. The first-order valence-corrected chi connectivity index (χ1v) is 6.92. The van der Waals surface area contributed by atoms with Gasteiger partial charge in [0.1, 0.15) is 11.8 Å². The summed E-state index contributed by atoms with van der Waals surface area (Å²) in [7, 11) is 0. The molecule has 106 valence electrons. The highest BCUT2D eigenvalue weighted by molar-refractivity contribution is 5.94. The predicted molar refractivity (Wildman–Crippen MR) is 75.4 cm³/mol. The fourth-order valence-electron chi connectivity index (χ4n) is 2.68. The molecule has 1 aliphatic heterocycles. The van der Waals surface area contributed by atoms with Gasteiger partial charge in [-0.25, -0.2) is 4.98 Å². The first kappa shape index (κ1) is 13.3. The highest BCUT2D eigenvalue weighted by Crippen LogP contribution is 2.26. The number of aromatic amines is 1. The SMILES string of the molecule is N#Cc1ccc(C(=O)N2CCC[C@@H](c3ccn[nH]3)C2)cn1. The van der Waals surface area contributed by atoms with Crippen molar-refractivity contribution in [2.45, 2.75) is 18.8 Å². The van der Waals surface area contributed by atoms with Gasteiger partial charge < -0.3 is 4.90 Å². The minimum absolute atomic E-state index is 0.0313. The van der Waals surface area contributed by atoms with Crippen LogP contribution in [0.4, 0.5) is 0 Å². The van der Waals surface area contributed by atoms with Crippen molar-refractivity contribution < 1.29 is 4.79 Å². The largest absolute Gasteiger partial charge is 0.338 e. The summed E-state index contributed by atoms with van der Waals surface area (Å²) >= 11 is 0. The van der Waals surface area contributed by atoms with Crippen LogP contribution in [0.5, 0.6) is 0 Å². The molecule has 2 aromatic rings. The number of carbonyl (C=O) groups is 1. The summed E-state index contributed by atoms with van der Waals surface area (Å²) in [4.78, 5) is 18.3.